The predicted octanol–water partition coefficient (Wildman–Crippen LogP) is 4.36. The first-order valence-electron chi connectivity index (χ1n) is 3.34. The van der Waals surface area contributed by atoms with E-state index in [0.717, 1.165) is 13.1 Å². The first kappa shape index (κ1) is 10.4. The molecule has 13 heavy (non-hydrogen) atoms. The molecule has 1 aromatic rings. The number of carbonyl (C=O) groups excluding carboxylic acids is 1. The van der Waals surface area contributed by atoms with Crippen LogP contribution in [-0.4, -0.2) is 11.2 Å². The third kappa shape index (κ3) is 1.42. The fourth-order valence-electron chi connectivity index (χ4n) is 1.28. The third-order valence-electron chi connectivity index (χ3n) is 1.89. The summed E-state index contributed by atoms with van der Waals surface area (Å²) in [6, 6.07) is 0. The Labute approximate surface area is 106 Å². The summed E-state index contributed by atoms with van der Waals surface area (Å²) in [5.41, 5.74) is 1.46. The van der Waals surface area contributed by atoms with E-state index in [4.69, 9.17) is 23.2 Å². The van der Waals surface area contributed by atoms with Crippen LogP contribution in [0.2, 0.25) is 0 Å². The zero-order chi connectivity index (χ0) is 9.75. The van der Waals surface area contributed by atoms with Crippen molar-refractivity contribution >= 4 is 72.2 Å². The van der Waals surface area contributed by atoms with E-state index in [2.05, 4.69) is 31.9 Å². The van der Waals surface area contributed by atoms with Crippen LogP contribution in [0.5, 0.6) is 0 Å². The van der Waals surface area contributed by atoms with Crippen molar-refractivity contribution in [2.24, 2.45) is 0 Å². The average molecular weight is 365 g/mol. The van der Waals surface area contributed by atoms with E-state index in [1.807, 2.05) is 0 Å². The molecule has 0 bridgehead atoms. The summed E-state index contributed by atoms with van der Waals surface area (Å²) in [6.45, 7) is 0. The van der Waals surface area contributed by atoms with Crippen LogP contribution in [0.25, 0.3) is 0 Å². The van der Waals surface area contributed by atoms with Crippen LogP contribution in [0.3, 0.4) is 0 Å². The summed E-state index contributed by atoms with van der Waals surface area (Å²) in [4.78, 5) is 11.6. The van der Waals surface area contributed by atoms with Gasteiger partial charge in [-0.25, -0.2) is 0 Å². The molecule has 0 saturated carbocycles. The molecular formula is C7H2Br2Cl2OS. The molecule has 0 fully saturated rings. The molecule has 1 nitrogen and oxygen atoms in total. The van der Waals surface area contributed by atoms with Gasteiger partial charge in [0.2, 0.25) is 0 Å². The van der Waals surface area contributed by atoms with Gasteiger partial charge in [0.05, 0.1) is 18.5 Å². The number of Topliss-reactive ketones (excluding diaryl/α,β-unsaturated/α-hetero) is 1. The Kier molecular flexibility index (Phi) is 2.80. The van der Waals surface area contributed by atoms with Crippen molar-refractivity contribution in [3.63, 3.8) is 0 Å². The molecule has 1 aliphatic carbocycles. The molecule has 0 spiro atoms. The van der Waals surface area contributed by atoms with Crippen molar-refractivity contribution < 1.29 is 4.79 Å². The lowest BCUT2D eigenvalue weighted by atomic mass is 10.2. The van der Waals surface area contributed by atoms with E-state index in [9.17, 15) is 4.79 Å². The van der Waals surface area contributed by atoms with Gasteiger partial charge in [0.15, 0.2) is 5.78 Å². The quantitative estimate of drug-likeness (QED) is 0.625. The van der Waals surface area contributed by atoms with Gasteiger partial charge in [0.25, 0.3) is 0 Å². The molecule has 0 saturated heterocycles. The maximum absolute atomic E-state index is 11.6. The number of hydrogen-bond donors (Lipinski definition) is 0. The van der Waals surface area contributed by atoms with Gasteiger partial charge in [-0.2, -0.15) is 0 Å². The second-order valence-electron chi connectivity index (χ2n) is 2.61. The van der Waals surface area contributed by atoms with Gasteiger partial charge in [-0.05, 0) is 31.9 Å². The van der Waals surface area contributed by atoms with Crippen molar-refractivity contribution in [3.05, 3.63) is 18.7 Å². The normalized spacial score (nSPS) is 26.6. The van der Waals surface area contributed by atoms with E-state index in [1.165, 1.54) is 11.3 Å². The van der Waals surface area contributed by atoms with Crippen LogP contribution in [0, 0.1) is 0 Å². The zero-order valence-electron chi connectivity index (χ0n) is 5.98. The summed E-state index contributed by atoms with van der Waals surface area (Å²) in [7, 11) is 0. The Morgan fingerprint density at radius 1 is 1.15 bits per heavy atom. The number of thiophene rings is 1. The number of fused-ring (bicyclic) bond motifs is 1. The van der Waals surface area contributed by atoms with Gasteiger partial charge in [0, 0.05) is 5.56 Å². The highest BCUT2D eigenvalue weighted by molar-refractivity contribution is 9.12. The molecule has 0 amide bonds. The van der Waals surface area contributed by atoms with Crippen LogP contribution in [-0.2, 0) is 0 Å². The SMILES string of the molecule is O=C1c2c(Br)sc(Br)c2[C@@H](Cl)[C@H]1Cl. The van der Waals surface area contributed by atoms with Gasteiger partial charge >= 0.3 is 0 Å². The van der Waals surface area contributed by atoms with Crippen LogP contribution in [0.4, 0.5) is 0 Å². The molecule has 70 valence electrons. The van der Waals surface area contributed by atoms with Gasteiger partial charge in [0.1, 0.15) is 5.38 Å². The van der Waals surface area contributed by atoms with Crippen LogP contribution in [0.1, 0.15) is 21.3 Å². The topological polar surface area (TPSA) is 17.1 Å². The van der Waals surface area contributed by atoms with Crippen molar-refractivity contribution in [2.75, 3.05) is 0 Å². The standard InChI is InChI=1S/C7H2Br2Cl2OS/c8-6-1-2(7(9)13-6)5(12)4(11)3(1)10/h3-4H/t3-,4-/m1/s1. The van der Waals surface area contributed by atoms with Gasteiger partial charge in [-0.1, -0.05) is 0 Å². The van der Waals surface area contributed by atoms with Crippen molar-refractivity contribution in [2.45, 2.75) is 10.8 Å². The molecule has 6 heteroatoms. The first-order chi connectivity index (χ1) is 6.04. The Bertz CT molecular complexity index is 390. The third-order valence-corrected chi connectivity index (χ3v) is 5.51. The maximum atomic E-state index is 11.6. The fraction of sp³-hybridized carbons (Fsp3) is 0.286. The minimum absolute atomic E-state index is 0.0921. The number of hydrogen-bond acceptors (Lipinski definition) is 2. The van der Waals surface area contributed by atoms with Gasteiger partial charge in [-0.15, -0.1) is 34.5 Å². The highest BCUT2D eigenvalue weighted by Gasteiger charge is 2.41. The molecule has 0 aliphatic heterocycles. The summed E-state index contributed by atoms with van der Waals surface area (Å²) >= 11 is 20.0. The summed E-state index contributed by atoms with van der Waals surface area (Å²) in [5, 5.41) is -1.05. The molecule has 2 atom stereocenters. The number of carbonyl (C=O) groups is 1. The molecule has 0 radical (unpaired) electrons. The first-order valence-corrected chi connectivity index (χ1v) is 6.61. The van der Waals surface area contributed by atoms with E-state index >= 15 is 0 Å². The van der Waals surface area contributed by atoms with Crippen molar-refractivity contribution in [3.8, 4) is 0 Å². The van der Waals surface area contributed by atoms with Gasteiger partial charge in [-0.3, -0.25) is 4.79 Å². The fourth-order valence-corrected chi connectivity index (χ4v) is 5.33. The molecule has 0 aromatic carbocycles. The van der Waals surface area contributed by atoms with Crippen LogP contribution >= 0.6 is 66.4 Å². The summed E-state index contributed by atoms with van der Waals surface area (Å²) in [6.07, 6.45) is 0. The molecule has 1 aromatic heterocycles. The molecular weight excluding hydrogens is 363 g/mol. The lowest BCUT2D eigenvalue weighted by Gasteiger charge is -2.03. The zero-order valence-corrected chi connectivity index (χ0v) is 11.5. The second kappa shape index (κ2) is 3.49. The molecule has 2 rings (SSSR count). The lowest BCUT2D eigenvalue weighted by molar-refractivity contribution is 0.0997. The van der Waals surface area contributed by atoms with E-state index in [-0.39, 0.29) is 5.78 Å². The lowest BCUT2D eigenvalue weighted by Crippen LogP contribution is -2.09. The second-order valence-corrected chi connectivity index (χ2v) is 7.20. The molecule has 0 unspecified atom stereocenters. The number of ketones is 1. The average Bonchev–Trinajstić information content (AvgIpc) is 2.47. The van der Waals surface area contributed by atoms with Gasteiger partial charge < -0.3 is 0 Å². The molecule has 1 heterocycles. The number of alkyl halides is 2. The predicted molar refractivity (Wildman–Crippen MR) is 62.3 cm³/mol. The number of halogens is 4. The highest BCUT2D eigenvalue weighted by atomic mass is 79.9. The highest BCUT2D eigenvalue weighted by Crippen LogP contribution is 2.50. The van der Waals surface area contributed by atoms with Crippen molar-refractivity contribution in [1.29, 1.82) is 0 Å². The summed E-state index contributed by atoms with van der Waals surface area (Å²) < 4.78 is 1.68. The Hall–Kier alpha value is 0.910. The molecule has 1 aliphatic rings. The summed E-state index contributed by atoms with van der Waals surface area (Å²) in [5.74, 6) is -0.0921. The number of rotatable bonds is 0. The van der Waals surface area contributed by atoms with Crippen LogP contribution < -0.4 is 0 Å². The van der Waals surface area contributed by atoms with E-state index in [1.54, 1.807) is 0 Å². The van der Waals surface area contributed by atoms with E-state index in [0.29, 0.717) is 5.56 Å². The maximum Gasteiger partial charge on any atom is 0.184 e. The minimum atomic E-state index is -0.632. The largest absolute Gasteiger partial charge is 0.292 e. The van der Waals surface area contributed by atoms with E-state index < -0.39 is 10.8 Å². The monoisotopic (exact) mass is 362 g/mol. The van der Waals surface area contributed by atoms with Crippen LogP contribution in [0.15, 0.2) is 7.57 Å². The smallest absolute Gasteiger partial charge is 0.184 e. The Balaban J connectivity index is 2.68. The molecule has 0 N–H and O–H groups in total. The Morgan fingerprint density at radius 3 is 2.31 bits per heavy atom. The van der Waals surface area contributed by atoms with Crippen molar-refractivity contribution in [1.82, 2.24) is 0 Å². The Morgan fingerprint density at radius 2 is 1.77 bits per heavy atom. The minimum Gasteiger partial charge on any atom is -0.292 e.